The van der Waals surface area contributed by atoms with Crippen LogP contribution in [-0.4, -0.2) is 20.1 Å². The van der Waals surface area contributed by atoms with Gasteiger partial charge in [-0.25, -0.2) is 4.98 Å². The predicted octanol–water partition coefficient (Wildman–Crippen LogP) is 5.86. The van der Waals surface area contributed by atoms with Crippen LogP contribution in [0.3, 0.4) is 0 Å². The van der Waals surface area contributed by atoms with Crippen molar-refractivity contribution < 1.29 is 9.84 Å². The monoisotopic (exact) mass is 372 g/mol. The van der Waals surface area contributed by atoms with E-state index in [1.54, 1.807) is 12.1 Å². The second-order valence-corrected chi connectivity index (χ2v) is 8.05. The number of hydrogen-bond acceptors (Lipinski definition) is 3. The van der Waals surface area contributed by atoms with E-state index in [0.29, 0.717) is 0 Å². The summed E-state index contributed by atoms with van der Waals surface area (Å²) in [6.07, 6.45) is 4.09. The first kappa shape index (κ1) is 18.1. The van der Waals surface area contributed by atoms with Crippen LogP contribution in [0.4, 0.5) is 0 Å². The maximum atomic E-state index is 9.79. The summed E-state index contributed by atoms with van der Waals surface area (Å²) in [6.45, 7) is 8.17. The number of nitrogens with zero attached hydrogens (tertiary/aromatic N) is 2. The fourth-order valence-electron chi connectivity index (χ4n) is 3.29. The molecular formula is C24H24N2O2. The van der Waals surface area contributed by atoms with E-state index >= 15 is 0 Å². The standard InChI is InChI=1S/C24H24N2O2/c1-16-12-23-25-22(17-8-10-20(11-9-17)28-24(2,3)4)15-26(23)14-21(16)18-6-5-7-19(27)13-18/h5-15,27H,1-4H3. The Kier molecular flexibility index (Phi) is 4.34. The van der Waals surface area contributed by atoms with Crippen molar-refractivity contribution in [3.05, 3.63) is 72.6 Å². The molecule has 2 heterocycles. The maximum absolute atomic E-state index is 9.79. The molecule has 0 unspecified atom stereocenters. The van der Waals surface area contributed by atoms with Crippen molar-refractivity contribution >= 4 is 5.65 Å². The Balaban J connectivity index is 1.70. The first-order chi connectivity index (χ1) is 13.3. The zero-order valence-corrected chi connectivity index (χ0v) is 16.6. The number of pyridine rings is 1. The number of aromatic hydroxyl groups is 1. The third kappa shape index (κ3) is 3.72. The molecule has 0 radical (unpaired) electrons. The summed E-state index contributed by atoms with van der Waals surface area (Å²) >= 11 is 0. The Morgan fingerprint density at radius 2 is 1.68 bits per heavy atom. The van der Waals surface area contributed by atoms with Gasteiger partial charge in [0, 0.05) is 23.5 Å². The maximum Gasteiger partial charge on any atom is 0.137 e. The number of ether oxygens (including phenoxy) is 1. The first-order valence-corrected chi connectivity index (χ1v) is 9.37. The van der Waals surface area contributed by atoms with Crippen molar-refractivity contribution in [2.75, 3.05) is 0 Å². The van der Waals surface area contributed by atoms with Gasteiger partial charge in [-0.1, -0.05) is 12.1 Å². The number of phenolic OH excluding ortho intramolecular Hbond substituents is 1. The summed E-state index contributed by atoms with van der Waals surface area (Å²) < 4.78 is 7.92. The Morgan fingerprint density at radius 3 is 2.36 bits per heavy atom. The molecule has 0 aliphatic carbocycles. The highest BCUT2D eigenvalue weighted by molar-refractivity contribution is 5.71. The molecule has 0 aliphatic heterocycles. The van der Waals surface area contributed by atoms with Gasteiger partial charge in [0.2, 0.25) is 0 Å². The van der Waals surface area contributed by atoms with E-state index in [0.717, 1.165) is 39.3 Å². The van der Waals surface area contributed by atoms with Crippen LogP contribution < -0.4 is 4.74 Å². The molecule has 2 aromatic heterocycles. The molecule has 0 aliphatic rings. The minimum atomic E-state index is -0.218. The van der Waals surface area contributed by atoms with Gasteiger partial charge in [-0.15, -0.1) is 0 Å². The summed E-state index contributed by atoms with van der Waals surface area (Å²) in [5.74, 6) is 1.11. The molecule has 4 nitrogen and oxygen atoms in total. The quantitative estimate of drug-likeness (QED) is 0.490. The lowest BCUT2D eigenvalue weighted by molar-refractivity contribution is 0.131. The summed E-state index contributed by atoms with van der Waals surface area (Å²) in [4.78, 5) is 4.77. The number of imidazole rings is 1. The number of phenols is 1. The molecule has 4 rings (SSSR count). The van der Waals surface area contributed by atoms with Crippen LogP contribution in [0, 0.1) is 6.92 Å². The zero-order valence-electron chi connectivity index (χ0n) is 16.6. The second-order valence-electron chi connectivity index (χ2n) is 8.05. The van der Waals surface area contributed by atoms with Gasteiger partial charge < -0.3 is 14.2 Å². The van der Waals surface area contributed by atoms with Gasteiger partial charge in [0.25, 0.3) is 0 Å². The fraction of sp³-hybridized carbons (Fsp3) is 0.208. The number of aryl methyl sites for hydroxylation is 1. The lowest BCUT2D eigenvalue weighted by atomic mass is 10.0. The van der Waals surface area contributed by atoms with Crippen LogP contribution in [0.25, 0.3) is 28.0 Å². The van der Waals surface area contributed by atoms with Gasteiger partial charge in [-0.2, -0.15) is 0 Å². The topological polar surface area (TPSA) is 46.8 Å². The molecule has 0 bridgehead atoms. The molecule has 4 heteroatoms. The smallest absolute Gasteiger partial charge is 0.137 e. The minimum Gasteiger partial charge on any atom is -0.508 e. The molecule has 28 heavy (non-hydrogen) atoms. The van der Waals surface area contributed by atoms with E-state index in [9.17, 15) is 5.11 Å². The van der Waals surface area contributed by atoms with Crippen molar-refractivity contribution in [1.82, 2.24) is 9.38 Å². The van der Waals surface area contributed by atoms with Crippen LogP contribution in [0.15, 0.2) is 67.0 Å². The first-order valence-electron chi connectivity index (χ1n) is 9.37. The number of hydrogen-bond donors (Lipinski definition) is 1. The average molecular weight is 372 g/mol. The lowest BCUT2D eigenvalue weighted by Gasteiger charge is -2.21. The third-order valence-electron chi connectivity index (χ3n) is 4.53. The van der Waals surface area contributed by atoms with Gasteiger partial charge in [0.05, 0.1) is 5.69 Å². The molecule has 1 N–H and O–H groups in total. The van der Waals surface area contributed by atoms with Crippen LogP contribution >= 0.6 is 0 Å². The highest BCUT2D eigenvalue weighted by atomic mass is 16.5. The molecule has 2 aromatic carbocycles. The summed E-state index contributed by atoms with van der Waals surface area (Å²) in [6, 6.07) is 17.4. The van der Waals surface area contributed by atoms with Crippen molar-refractivity contribution in [1.29, 1.82) is 0 Å². The van der Waals surface area contributed by atoms with E-state index < -0.39 is 0 Å². The van der Waals surface area contributed by atoms with Crippen molar-refractivity contribution in [2.45, 2.75) is 33.3 Å². The molecule has 0 atom stereocenters. The van der Waals surface area contributed by atoms with Crippen LogP contribution in [-0.2, 0) is 0 Å². The zero-order chi connectivity index (χ0) is 19.9. The molecular weight excluding hydrogens is 348 g/mol. The Morgan fingerprint density at radius 1 is 0.929 bits per heavy atom. The van der Waals surface area contributed by atoms with E-state index in [4.69, 9.17) is 9.72 Å². The summed E-state index contributed by atoms with van der Waals surface area (Å²) in [5.41, 5.74) is 5.80. The largest absolute Gasteiger partial charge is 0.508 e. The molecule has 0 amide bonds. The summed E-state index contributed by atoms with van der Waals surface area (Å²) in [7, 11) is 0. The van der Waals surface area contributed by atoms with Crippen molar-refractivity contribution in [2.24, 2.45) is 0 Å². The van der Waals surface area contributed by atoms with Gasteiger partial charge in [0.1, 0.15) is 22.7 Å². The van der Waals surface area contributed by atoms with Crippen LogP contribution in [0.2, 0.25) is 0 Å². The highest BCUT2D eigenvalue weighted by Crippen LogP contribution is 2.29. The molecule has 0 saturated heterocycles. The van der Waals surface area contributed by atoms with Gasteiger partial charge >= 0.3 is 0 Å². The van der Waals surface area contributed by atoms with Crippen molar-refractivity contribution in [3.63, 3.8) is 0 Å². The Hall–Kier alpha value is -3.27. The Labute approximate surface area is 165 Å². The van der Waals surface area contributed by atoms with Crippen LogP contribution in [0.1, 0.15) is 26.3 Å². The van der Waals surface area contributed by atoms with Gasteiger partial charge in [0.15, 0.2) is 0 Å². The molecule has 0 spiro atoms. The normalized spacial score (nSPS) is 11.7. The SMILES string of the molecule is Cc1cc2nc(-c3ccc(OC(C)(C)C)cc3)cn2cc1-c1cccc(O)c1. The molecule has 4 aromatic rings. The second kappa shape index (κ2) is 6.71. The lowest BCUT2D eigenvalue weighted by Crippen LogP contribution is -2.22. The predicted molar refractivity (Wildman–Crippen MR) is 113 cm³/mol. The van der Waals surface area contributed by atoms with Gasteiger partial charge in [-0.05, 0) is 81.3 Å². The molecule has 142 valence electrons. The molecule has 0 fully saturated rings. The van der Waals surface area contributed by atoms with E-state index in [1.165, 1.54) is 0 Å². The van der Waals surface area contributed by atoms with Crippen LogP contribution in [0.5, 0.6) is 11.5 Å². The van der Waals surface area contributed by atoms with Crippen molar-refractivity contribution in [3.8, 4) is 33.9 Å². The number of rotatable bonds is 3. The summed E-state index contributed by atoms with van der Waals surface area (Å²) in [5, 5.41) is 9.79. The third-order valence-corrected chi connectivity index (χ3v) is 4.53. The van der Waals surface area contributed by atoms with Gasteiger partial charge in [-0.3, -0.25) is 0 Å². The molecule has 0 saturated carbocycles. The average Bonchev–Trinajstić information content (AvgIpc) is 3.03. The van der Waals surface area contributed by atoms with E-state index in [2.05, 4.69) is 19.2 Å². The fourth-order valence-corrected chi connectivity index (χ4v) is 3.29. The minimum absolute atomic E-state index is 0.218. The van der Waals surface area contributed by atoms with E-state index in [-0.39, 0.29) is 11.4 Å². The highest BCUT2D eigenvalue weighted by Gasteiger charge is 2.13. The number of fused-ring (bicyclic) bond motifs is 1. The van der Waals surface area contributed by atoms with E-state index in [1.807, 2.05) is 67.8 Å². The number of aromatic nitrogens is 2. The number of benzene rings is 2. The Bertz CT molecular complexity index is 1140.